The minimum atomic E-state index is -0.350. The Morgan fingerprint density at radius 1 is 1.25 bits per heavy atom. The van der Waals surface area contributed by atoms with Crippen LogP contribution in [0.3, 0.4) is 0 Å². The van der Waals surface area contributed by atoms with Crippen LogP contribution in [0.4, 0.5) is 5.69 Å². The Kier molecular flexibility index (Phi) is 5.74. The number of piperidine rings is 1. The van der Waals surface area contributed by atoms with Gasteiger partial charge in [-0.3, -0.25) is 9.69 Å². The number of nitrogens with one attached hydrogen (secondary N) is 1. The lowest BCUT2D eigenvalue weighted by Gasteiger charge is -2.33. The molecule has 2 fully saturated rings. The van der Waals surface area contributed by atoms with Gasteiger partial charge in [-0.2, -0.15) is 0 Å². The van der Waals surface area contributed by atoms with Crippen molar-refractivity contribution in [2.24, 2.45) is 0 Å². The molecule has 1 aromatic rings. The number of likely N-dealkylation sites (N-methyl/N-ethyl adjacent to an activating group) is 1. The first-order valence-corrected chi connectivity index (χ1v) is 9.07. The minimum Gasteiger partial charge on any atom is -0.371 e. The molecule has 5 heteroatoms. The molecular formula is C19H29N3O2. The largest absolute Gasteiger partial charge is 0.371 e. The lowest BCUT2D eigenvalue weighted by Crippen LogP contribution is -2.48. The normalized spacial score (nSPS) is 22.4. The zero-order valence-electron chi connectivity index (χ0n) is 14.9. The van der Waals surface area contributed by atoms with Crippen molar-refractivity contribution in [1.82, 2.24) is 10.2 Å². The summed E-state index contributed by atoms with van der Waals surface area (Å²) in [6, 6.07) is 6.81. The van der Waals surface area contributed by atoms with Crippen molar-refractivity contribution in [1.29, 1.82) is 0 Å². The van der Waals surface area contributed by atoms with E-state index in [4.69, 9.17) is 4.74 Å². The van der Waals surface area contributed by atoms with Gasteiger partial charge < -0.3 is 15.0 Å². The van der Waals surface area contributed by atoms with Crippen LogP contribution in [-0.4, -0.2) is 56.7 Å². The topological polar surface area (TPSA) is 44.8 Å². The molecule has 0 radical (unpaired) electrons. The Bertz CT molecular complexity index is 570. The third kappa shape index (κ3) is 4.08. The molecule has 1 amide bonds. The summed E-state index contributed by atoms with van der Waals surface area (Å²) in [6.45, 7) is 7.59. The molecule has 24 heavy (non-hydrogen) atoms. The van der Waals surface area contributed by atoms with Gasteiger partial charge in [-0.05, 0) is 43.4 Å². The first-order valence-electron chi connectivity index (χ1n) is 9.07. The fourth-order valence-corrected chi connectivity index (χ4v) is 3.73. The van der Waals surface area contributed by atoms with Gasteiger partial charge in [0.15, 0.2) is 0 Å². The molecule has 0 bridgehead atoms. The molecular weight excluding hydrogens is 302 g/mol. The number of morpholine rings is 1. The van der Waals surface area contributed by atoms with Crippen molar-refractivity contribution in [2.75, 3.05) is 44.7 Å². The molecule has 132 valence electrons. The average Bonchev–Trinajstić information content (AvgIpc) is 2.62. The number of rotatable bonds is 4. The SMILES string of the molecule is CNC(=O)[C@@H]1CN(Cc2ccc(N3CCCCC3)c(C)c2)CCO1. The van der Waals surface area contributed by atoms with E-state index in [1.165, 1.54) is 49.2 Å². The van der Waals surface area contributed by atoms with Crippen LogP contribution < -0.4 is 10.2 Å². The maximum atomic E-state index is 11.8. The summed E-state index contributed by atoms with van der Waals surface area (Å²) in [6.07, 6.45) is 3.61. The molecule has 1 aromatic carbocycles. The van der Waals surface area contributed by atoms with E-state index in [0.29, 0.717) is 13.2 Å². The third-order valence-corrected chi connectivity index (χ3v) is 5.05. The standard InChI is InChI=1S/C19H29N3O2/c1-15-12-16(6-7-17(15)22-8-4-3-5-9-22)13-21-10-11-24-18(14-21)19(23)20-2/h6-7,12,18H,3-5,8-11,13-14H2,1-2H3,(H,20,23)/t18-/m0/s1. The molecule has 2 heterocycles. The monoisotopic (exact) mass is 331 g/mol. The van der Waals surface area contributed by atoms with Gasteiger partial charge >= 0.3 is 0 Å². The number of nitrogens with zero attached hydrogens (tertiary/aromatic N) is 2. The summed E-state index contributed by atoms with van der Waals surface area (Å²) in [5, 5.41) is 2.68. The van der Waals surface area contributed by atoms with E-state index in [-0.39, 0.29) is 12.0 Å². The van der Waals surface area contributed by atoms with Gasteiger partial charge in [0.25, 0.3) is 0 Å². The van der Waals surface area contributed by atoms with E-state index < -0.39 is 0 Å². The minimum absolute atomic E-state index is 0.0312. The molecule has 2 saturated heterocycles. The van der Waals surface area contributed by atoms with Crippen molar-refractivity contribution < 1.29 is 9.53 Å². The van der Waals surface area contributed by atoms with Gasteiger partial charge in [-0.15, -0.1) is 0 Å². The van der Waals surface area contributed by atoms with Crippen LogP contribution >= 0.6 is 0 Å². The first-order chi connectivity index (χ1) is 11.7. The van der Waals surface area contributed by atoms with Crippen LogP contribution in [0.25, 0.3) is 0 Å². The van der Waals surface area contributed by atoms with Crippen molar-refractivity contribution in [3.63, 3.8) is 0 Å². The lowest BCUT2D eigenvalue weighted by molar-refractivity contribution is -0.138. The van der Waals surface area contributed by atoms with Gasteiger partial charge in [0, 0.05) is 45.5 Å². The van der Waals surface area contributed by atoms with Crippen LogP contribution in [0.1, 0.15) is 30.4 Å². The number of anilines is 1. The smallest absolute Gasteiger partial charge is 0.250 e. The van der Waals surface area contributed by atoms with E-state index in [1.54, 1.807) is 7.05 Å². The van der Waals surface area contributed by atoms with Gasteiger partial charge in [0.2, 0.25) is 5.91 Å². The highest BCUT2D eigenvalue weighted by Crippen LogP contribution is 2.25. The van der Waals surface area contributed by atoms with Gasteiger partial charge in [0.1, 0.15) is 6.10 Å². The summed E-state index contributed by atoms with van der Waals surface area (Å²) in [5.41, 5.74) is 4.04. The maximum absolute atomic E-state index is 11.8. The van der Waals surface area contributed by atoms with Crippen LogP contribution in [-0.2, 0) is 16.1 Å². The second-order valence-corrected chi connectivity index (χ2v) is 6.88. The number of ether oxygens (including phenoxy) is 1. The predicted octanol–water partition coefficient (Wildman–Crippen LogP) is 1.93. The fraction of sp³-hybridized carbons (Fsp3) is 0.632. The van der Waals surface area contributed by atoms with Gasteiger partial charge in [-0.1, -0.05) is 12.1 Å². The van der Waals surface area contributed by atoms with Crippen molar-refractivity contribution >= 4 is 11.6 Å². The van der Waals surface area contributed by atoms with E-state index in [2.05, 4.69) is 40.2 Å². The second kappa shape index (κ2) is 7.99. The van der Waals surface area contributed by atoms with Crippen LogP contribution in [0.5, 0.6) is 0 Å². The Labute approximate surface area is 145 Å². The molecule has 1 atom stereocenters. The van der Waals surface area contributed by atoms with E-state index in [1.807, 2.05) is 0 Å². The number of hydrogen-bond acceptors (Lipinski definition) is 4. The zero-order chi connectivity index (χ0) is 16.9. The van der Waals surface area contributed by atoms with Gasteiger partial charge in [0.05, 0.1) is 6.61 Å². The molecule has 2 aliphatic rings. The Morgan fingerprint density at radius 3 is 2.75 bits per heavy atom. The Morgan fingerprint density at radius 2 is 2.04 bits per heavy atom. The van der Waals surface area contributed by atoms with Crippen LogP contribution in [0, 0.1) is 6.92 Å². The molecule has 5 nitrogen and oxygen atoms in total. The molecule has 0 unspecified atom stereocenters. The summed E-state index contributed by atoms with van der Waals surface area (Å²) in [7, 11) is 1.66. The molecule has 2 aliphatic heterocycles. The van der Waals surface area contributed by atoms with E-state index >= 15 is 0 Å². The predicted molar refractivity (Wildman–Crippen MR) is 96.3 cm³/mol. The summed E-state index contributed by atoms with van der Waals surface area (Å²) >= 11 is 0. The molecule has 0 spiro atoms. The average molecular weight is 331 g/mol. The number of aryl methyl sites for hydroxylation is 1. The van der Waals surface area contributed by atoms with Gasteiger partial charge in [-0.25, -0.2) is 0 Å². The van der Waals surface area contributed by atoms with E-state index in [9.17, 15) is 4.79 Å². The molecule has 0 aliphatic carbocycles. The summed E-state index contributed by atoms with van der Waals surface area (Å²) in [5.74, 6) is -0.0312. The highest BCUT2D eigenvalue weighted by atomic mass is 16.5. The molecule has 3 rings (SSSR count). The number of amides is 1. The third-order valence-electron chi connectivity index (χ3n) is 5.05. The highest BCUT2D eigenvalue weighted by molar-refractivity contribution is 5.80. The lowest BCUT2D eigenvalue weighted by atomic mass is 10.0. The summed E-state index contributed by atoms with van der Waals surface area (Å²) in [4.78, 5) is 16.6. The Hall–Kier alpha value is -1.59. The highest BCUT2D eigenvalue weighted by Gasteiger charge is 2.25. The molecule has 1 N–H and O–H groups in total. The van der Waals surface area contributed by atoms with Crippen molar-refractivity contribution in [3.8, 4) is 0 Å². The number of benzene rings is 1. The molecule has 0 saturated carbocycles. The quantitative estimate of drug-likeness (QED) is 0.916. The van der Waals surface area contributed by atoms with Crippen LogP contribution in [0.15, 0.2) is 18.2 Å². The fourth-order valence-electron chi connectivity index (χ4n) is 3.73. The number of carbonyl (C=O) groups is 1. The van der Waals surface area contributed by atoms with E-state index in [0.717, 1.165) is 13.1 Å². The number of carbonyl (C=O) groups excluding carboxylic acids is 1. The molecule has 0 aromatic heterocycles. The second-order valence-electron chi connectivity index (χ2n) is 6.88. The first kappa shape index (κ1) is 17.2. The van der Waals surface area contributed by atoms with Crippen molar-refractivity contribution in [3.05, 3.63) is 29.3 Å². The Balaban J connectivity index is 1.63. The summed E-state index contributed by atoms with van der Waals surface area (Å²) < 4.78 is 5.56. The van der Waals surface area contributed by atoms with Crippen LogP contribution in [0.2, 0.25) is 0 Å². The maximum Gasteiger partial charge on any atom is 0.250 e. The van der Waals surface area contributed by atoms with Crippen molar-refractivity contribution in [2.45, 2.75) is 38.8 Å². The number of hydrogen-bond donors (Lipinski definition) is 1. The zero-order valence-corrected chi connectivity index (χ0v) is 14.9.